The molecule has 1 saturated heterocycles. The molecule has 2 fully saturated rings. The summed E-state index contributed by atoms with van der Waals surface area (Å²) in [6.07, 6.45) is 0. The van der Waals surface area contributed by atoms with Crippen LogP contribution in [0.4, 0.5) is 0 Å². The first-order valence-electron chi connectivity index (χ1n) is 6.59. The molecule has 19 heavy (non-hydrogen) atoms. The molecule has 0 bridgehead atoms. The number of rotatable bonds is 3. The summed E-state index contributed by atoms with van der Waals surface area (Å²) < 4.78 is 5.20. The highest BCUT2D eigenvalue weighted by molar-refractivity contribution is 6.03. The predicted molar refractivity (Wildman–Crippen MR) is 69.4 cm³/mol. The highest BCUT2D eigenvalue weighted by Gasteiger charge is 2.85. The van der Waals surface area contributed by atoms with Gasteiger partial charge in [-0.2, -0.15) is 0 Å². The van der Waals surface area contributed by atoms with E-state index < -0.39 is 10.8 Å². The third-order valence-corrected chi connectivity index (χ3v) is 4.69. The Morgan fingerprint density at radius 2 is 2.11 bits per heavy atom. The van der Waals surface area contributed by atoms with Gasteiger partial charge in [-0.3, -0.25) is 9.59 Å². The molecule has 3 atom stereocenters. The normalized spacial score (nSPS) is 35.5. The Kier molecular flexibility index (Phi) is 2.46. The van der Waals surface area contributed by atoms with E-state index in [1.807, 2.05) is 37.3 Å². The van der Waals surface area contributed by atoms with E-state index in [0.717, 1.165) is 5.56 Å². The molecule has 1 N–H and O–H groups in total. The molecule has 3 rings (SSSR count). The molecule has 1 aromatic rings. The van der Waals surface area contributed by atoms with Crippen LogP contribution in [0.5, 0.6) is 0 Å². The summed E-state index contributed by atoms with van der Waals surface area (Å²) in [5.41, 5.74) is -0.352. The number of amides is 1. The van der Waals surface area contributed by atoms with Crippen molar-refractivity contribution in [1.29, 1.82) is 0 Å². The minimum Gasteiger partial charge on any atom is -0.465 e. The minimum absolute atomic E-state index is 0.0468. The second-order valence-corrected chi connectivity index (χ2v) is 5.42. The summed E-state index contributed by atoms with van der Waals surface area (Å²) in [6.45, 7) is 4.37. The number of esters is 1. The van der Waals surface area contributed by atoms with E-state index >= 15 is 0 Å². The monoisotopic (exact) mass is 259 g/mol. The smallest absolute Gasteiger partial charge is 0.315 e. The van der Waals surface area contributed by atoms with Crippen LogP contribution in [-0.4, -0.2) is 25.0 Å². The maximum Gasteiger partial charge on any atom is 0.315 e. The highest BCUT2D eigenvalue weighted by Crippen LogP contribution is 2.76. The highest BCUT2D eigenvalue weighted by atomic mass is 16.5. The number of piperidine rings is 1. The molecule has 0 spiro atoms. The third kappa shape index (κ3) is 1.29. The lowest BCUT2D eigenvalue weighted by atomic mass is 9.98. The van der Waals surface area contributed by atoms with Crippen LogP contribution in [0.3, 0.4) is 0 Å². The zero-order valence-electron chi connectivity index (χ0n) is 11.1. The number of hydrogen-bond donors (Lipinski definition) is 1. The van der Waals surface area contributed by atoms with Gasteiger partial charge in [0.15, 0.2) is 0 Å². The molecule has 4 heteroatoms. The molecule has 1 amide bonds. The molecular formula is C15H17NO3. The number of hydrogen-bond acceptors (Lipinski definition) is 3. The summed E-state index contributed by atoms with van der Waals surface area (Å²) in [6, 6.07) is 9.75. The van der Waals surface area contributed by atoms with Crippen molar-refractivity contribution in [2.75, 3.05) is 13.2 Å². The average molecular weight is 259 g/mol. The molecule has 1 aliphatic carbocycles. The van der Waals surface area contributed by atoms with Crippen molar-refractivity contribution >= 4 is 11.9 Å². The molecule has 4 nitrogen and oxygen atoms in total. The Morgan fingerprint density at radius 1 is 1.42 bits per heavy atom. The van der Waals surface area contributed by atoms with Crippen LogP contribution in [0.1, 0.15) is 25.3 Å². The van der Waals surface area contributed by atoms with Crippen LogP contribution in [-0.2, 0) is 14.3 Å². The van der Waals surface area contributed by atoms with Crippen molar-refractivity contribution in [3.8, 4) is 0 Å². The topological polar surface area (TPSA) is 55.4 Å². The lowest BCUT2D eigenvalue weighted by Gasteiger charge is -2.13. The van der Waals surface area contributed by atoms with Crippen LogP contribution in [0, 0.1) is 10.8 Å². The van der Waals surface area contributed by atoms with Gasteiger partial charge in [-0.05, 0) is 19.4 Å². The Labute approximate surface area is 112 Å². The Hall–Kier alpha value is -1.84. The van der Waals surface area contributed by atoms with Gasteiger partial charge in [0.05, 0.1) is 12.0 Å². The second kappa shape index (κ2) is 3.83. The van der Waals surface area contributed by atoms with E-state index in [2.05, 4.69) is 5.32 Å². The van der Waals surface area contributed by atoms with Crippen LogP contribution in [0.2, 0.25) is 0 Å². The fourth-order valence-electron chi connectivity index (χ4n) is 3.64. The van der Waals surface area contributed by atoms with E-state index in [9.17, 15) is 9.59 Å². The van der Waals surface area contributed by atoms with Gasteiger partial charge < -0.3 is 10.1 Å². The van der Waals surface area contributed by atoms with E-state index in [0.29, 0.717) is 13.2 Å². The van der Waals surface area contributed by atoms with Crippen LogP contribution < -0.4 is 5.32 Å². The SMILES string of the molecule is CCOC(=O)C12CNC(=O)C1(C)C2c1ccccc1. The Bertz CT molecular complexity index is 542. The minimum atomic E-state index is -0.721. The second-order valence-electron chi connectivity index (χ2n) is 5.42. The van der Waals surface area contributed by atoms with Gasteiger partial charge in [0.25, 0.3) is 0 Å². The predicted octanol–water partition coefficient (Wildman–Crippen LogP) is 1.47. The van der Waals surface area contributed by atoms with Crippen LogP contribution in [0.15, 0.2) is 30.3 Å². The molecular weight excluding hydrogens is 242 g/mol. The van der Waals surface area contributed by atoms with E-state index in [-0.39, 0.29) is 17.8 Å². The standard InChI is InChI=1S/C15H17NO3/c1-3-19-13(18)15-9-16-12(17)14(15,2)11(15)10-7-5-4-6-8-10/h4-8,11H,3,9H2,1-2H3,(H,16,17). The number of fused-ring (bicyclic) bond motifs is 1. The number of benzene rings is 1. The Morgan fingerprint density at radius 3 is 2.74 bits per heavy atom. The summed E-state index contributed by atoms with van der Waals surface area (Å²) in [5, 5.41) is 2.80. The van der Waals surface area contributed by atoms with Gasteiger partial charge in [0.1, 0.15) is 5.41 Å². The number of carbonyl (C=O) groups is 2. The lowest BCUT2D eigenvalue weighted by molar-refractivity contribution is -0.150. The largest absolute Gasteiger partial charge is 0.465 e. The first-order chi connectivity index (χ1) is 9.09. The summed E-state index contributed by atoms with van der Waals surface area (Å²) >= 11 is 0. The fraction of sp³-hybridized carbons (Fsp3) is 0.467. The molecule has 0 aromatic heterocycles. The van der Waals surface area contributed by atoms with Crippen molar-refractivity contribution in [2.45, 2.75) is 19.8 Å². The molecule has 1 aromatic carbocycles. The molecule has 1 aliphatic heterocycles. The van der Waals surface area contributed by atoms with E-state index in [1.165, 1.54) is 0 Å². The van der Waals surface area contributed by atoms with Gasteiger partial charge in [-0.25, -0.2) is 0 Å². The first kappa shape index (κ1) is 12.2. The van der Waals surface area contributed by atoms with Gasteiger partial charge in [0, 0.05) is 12.5 Å². The van der Waals surface area contributed by atoms with Crippen LogP contribution in [0.25, 0.3) is 0 Å². The van der Waals surface area contributed by atoms with E-state index in [1.54, 1.807) is 6.92 Å². The molecule has 0 radical (unpaired) electrons. The van der Waals surface area contributed by atoms with Crippen molar-refractivity contribution < 1.29 is 14.3 Å². The summed E-state index contributed by atoms with van der Waals surface area (Å²) in [4.78, 5) is 24.4. The summed E-state index contributed by atoms with van der Waals surface area (Å²) in [7, 11) is 0. The quantitative estimate of drug-likeness (QED) is 0.836. The zero-order valence-corrected chi connectivity index (χ0v) is 11.1. The van der Waals surface area contributed by atoms with Crippen molar-refractivity contribution in [3.05, 3.63) is 35.9 Å². The third-order valence-electron chi connectivity index (χ3n) is 4.69. The lowest BCUT2D eigenvalue weighted by Crippen LogP contribution is -2.29. The molecule has 100 valence electrons. The Balaban J connectivity index is 2.03. The molecule has 1 heterocycles. The number of nitrogens with one attached hydrogen (secondary N) is 1. The average Bonchev–Trinajstić information content (AvgIpc) is 2.89. The molecule has 2 aliphatic rings. The van der Waals surface area contributed by atoms with Gasteiger partial charge in [-0.15, -0.1) is 0 Å². The summed E-state index contributed by atoms with van der Waals surface area (Å²) in [5.74, 6) is -0.381. The first-order valence-corrected chi connectivity index (χ1v) is 6.59. The maximum absolute atomic E-state index is 12.3. The van der Waals surface area contributed by atoms with Gasteiger partial charge in [-0.1, -0.05) is 30.3 Å². The number of ether oxygens (including phenoxy) is 1. The van der Waals surface area contributed by atoms with Gasteiger partial charge in [0.2, 0.25) is 5.91 Å². The fourth-order valence-corrected chi connectivity index (χ4v) is 3.64. The van der Waals surface area contributed by atoms with Crippen molar-refractivity contribution in [2.24, 2.45) is 10.8 Å². The molecule has 1 saturated carbocycles. The zero-order chi connectivity index (χ0) is 13.7. The van der Waals surface area contributed by atoms with Crippen molar-refractivity contribution in [3.63, 3.8) is 0 Å². The van der Waals surface area contributed by atoms with E-state index in [4.69, 9.17) is 4.74 Å². The van der Waals surface area contributed by atoms with Crippen LogP contribution >= 0.6 is 0 Å². The number of carbonyl (C=O) groups excluding carboxylic acids is 2. The van der Waals surface area contributed by atoms with Gasteiger partial charge >= 0.3 is 5.97 Å². The maximum atomic E-state index is 12.3. The molecule has 3 unspecified atom stereocenters. The van der Waals surface area contributed by atoms with Crippen molar-refractivity contribution in [1.82, 2.24) is 5.32 Å².